The van der Waals surface area contributed by atoms with Crippen molar-refractivity contribution in [1.29, 1.82) is 0 Å². The van der Waals surface area contributed by atoms with Crippen LogP contribution in [0, 0.1) is 0 Å². The molecular formula is C19H21NO. The molecule has 2 heteroatoms. The zero-order valence-corrected chi connectivity index (χ0v) is 12.3. The molecule has 1 aliphatic rings. The molecule has 0 atom stereocenters. The van der Waals surface area contributed by atoms with Crippen molar-refractivity contribution in [2.45, 2.75) is 32.3 Å². The van der Waals surface area contributed by atoms with Crippen LogP contribution in [0.3, 0.4) is 0 Å². The first kappa shape index (κ1) is 13.7. The van der Waals surface area contributed by atoms with E-state index in [1.54, 1.807) is 0 Å². The second-order valence-corrected chi connectivity index (χ2v) is 5.61. The predicted octanol–water partition coefficient (Wildman–Crippen LogP) is 4.07. The molecule has 2 aromatic carbocycles. The van der Waals surface area contributed by atoms with Crippen molar-refractivity contribution in [2.75, 3.05) is 5.73 Å². The Labute approximate surface area is 126 Å². The first-order valence-electron chi connectivity index (χ1n) is 7.49. The maximum Gasteiger partial charge on any atom is 0.123 e. The molecule has 2 aromatic rings. The summed E-state index contributed by atoms with van der Waals surface area (Å²) < 4.78 is 5.99. The second kappa shape index (κ2) is 6.04. The summed E-state index contributed by atoms with van der Waals surface area (Å²) in [5.41, 5.74) is 11.9. The minimum Gasteiger partial charge on any atom is -0.489 e. The van der Waals surface area contributed by atoms with Crippen LogP contribution >= 0.6 is 0 Å². The topological polar surface area (TPSA) is 35.2 Å². The predicted molar refractivity (Wildman–Crippen MR) is 87.6 cm³/mol. The molecular weight excluding hydrogens is 258 g/mol. The van der Waals surface area contributed by atoms with Crippen LogP contribution in [0.15, 0.2) is 49.1 Å². The summed E-state index contributed by atoms with van der Waals surface area (Å²) in [6.07, 6.45) is 6.34. The molecule has 0 radical (unpaired) electrons. The third-order valence-electron chi connectivity index (χ3n) is 4.01. The van der Waals surface area contributed by atoms with Crippen LogP contribution < -0.4 is 10.5 Å². The number of hydrogen-bond donors (Lipinski definition) is 1. The molecule has 0 saturated heterocycles. The van der Waals surface area contributed by atoms with Crippen molar-refractivity contribution in [3.63, 3.8) is 0 Å². The molecule has 0 spiro atoms. The van der Waals surface area contributed by atoms with Crippen molar-refractivity contribution in [2.24, 2.45) is 0 Å². The minimum atomic E-state index is 0.599. The fourth-order valence-electron chi connectivity index (χ4n) is 2.93. The lowest BCUT2D eigenvalue weighted by Crippen LogP contribution is -2.00. The molecule has 0 saturated carbocycles. The molecule has 108 valence electrons. The monoisotopic (exact) mass is 279 g/mol. The Morgan fingerprint density at radius 3 is 2.81 bits per heavy atom. The van der Waals surface area contributed by atoms with E-state index >= 15 is 0 Å². The Morgan fingerprint density at radius 1 is 1.10 bits per heavy atom. The van der Waals surface area contributed by atoms with Crippen LogP contribution in [0.4, 0.5) is 5.69 Å². The normalized spacial score (nSPS) is 13.0. The quantitative estimate of drug-likeness (QED) is 0.661. The third kappa shape index (κ3) is 3.10. The Hall–Kier alpha value is -2.22. The molecule has 0 bridgehead atoms. The van der Waals surface area contributed by atoms with Gasteiger partial charge in [0.05, 0.1) is 0 Å². The molecule has 0 unspecified atom stereocenters. The number of anilines is 1. The van der Waals surface area contributed by atoms with Gasteiger partial charge in [-0.2, -0.15) is 0 Å². The van der Waals surface area contributed by atoms with Gasteiger partial charge in [0.2, 0.25) is 0 Å². The number of nitrogen functional groups attached to an aromatic ring is 1. The van der Waals surface area contributed by atoms with Crippen LogP contribution in [0.1, 0.15) is 28.7 Å². The van der Waals surface area contributed by atoms with Gasteiger partial charge in [-0.15, -0.1) is 6.58 Å². The summed E-state index contributed by atoms with van der Waals surface area (Å²) >= 11 is 0. The molecule has 2 N–H and O–H groups in total. The van der Waals surface area contributed by atoms with E-state index in [9.17, 15) is 0 Å². The van der Waals surface area contributed by atoms with Gasteiger partial charge in [0.25, 0.3) is 0 Å². The Bertz CT molecular complexity index is 661. The highest BCUT2D eigenvalue weighted by Crippen LogP contribution is 2.26. The number of ether oxygens (including phenoxy) is 1. The van der Waals surface area contributed by atoms with Crippen LogP contribution in [-0.2, 0) is 25.9 Å². The number of benzene rings is 2. The Kier molecular flexibility index (Phi) is 3.96. The number of aryl methyl sites for hydroxylation is 2. The zero-order valence-electron chi connectivity index (χ0n) is 12.3. The number of hydrogen-bond acceptors (Lipinski definition) is 2. The van der Waals surface area contributed by atoms with E-state index in [1.165, 1.54) is 36.0 Å². The first-order valence-corrected chi connectivity index (χ1v) is 7.49. The number of nitrogens with two attached hydrogens (primary N) is 1. The summed E-state index contributed by atoms with van der Waals surface area (Å²) in [5, 5.41) is 0. The fraction of sp³-hybridized carbons (Fsp3) is 0.263. The molecule has 1 aliphatic carbocycles. The molecule has 0 aliphatic heterocycles. The summed E-state index contributed by atoms with van der Waals surface area (Å²) in [7, 11) is 0. The molecule has 21 heavy (non-hydrogen) atoms. The highest BCUT2D eigenvalue weighted by Gasteiger charge is 2.11. The zero-order chi connectivity index (χ0) is 14.7. The molecule has 3 rings (SSSR count). The first-order chi connectivity index (χ1) is 10.3. The van der Waals surface area contributed by atoms with Gasteiger partial charge in [-0.3, -0.25) is 0 Å². The molecule has 0 fully saturated rings. The van der Waals surface area contributed by atoms with Gasteiger partial charge in [-0.25, -0.2) is 0 Å². The molecule has 0 amide bonds. The van der Waals surface area contributed by atoms with E-state index in [0.29, 0.717) is 6.61 Å². The van der Waals surface area contributed by atoms with Gasteiger partial charge in [0.1, 0.15) is 12.4 Å². The minimum absolute atomic E-state index is 0.599. The average Bonchev–Trinajstić information content (AvgIpc) is 2.94. The van der Waals surface area contributed by atoms with Crippen molar-refractivity contribution >= 4 is 5.69 Å². The van der Waals surface area contributed by atoms with Crippen molar-refractivity contribution in [3.8, 4) is 5.75 Å². The highest BCUT2D eigenvalue weighted by molar-refractivity contribution is 5.48. The second-order valence-electron chi connectivity index (χ2n) is 5.61. The number of allylic oxidation sites excluding steroid dienone is 1. The summed E-state index contributed by atoms with van der Waals surface area (Å²) in [6.45, 7) is 4.39. The molecule has 0 heterocycles. The van der Waals surface area contributed by atoms with Crippen LogP contribution in [-0.4, -0.2) is 0 Å². The highest BCUT2D eigenvalue weighted by atomic mass is 16.5. The average molecular weight is 279 g/mol. The fourth-order valence-corrected chi connectivity index (χ4v) is 2.93. The maximum atomic E-state index is 5.99. The Balaban J connectivity index is 1.74. The van der Waals surface area contributed by atoms with Crippen LogP contribution in [0.5, 0.6) is 5.75 Å². The third-order valence-corrected chi connectivity index (χ3v) is 4.01. The van der Waals surface area contributed by atoms with Crippen LogP contribution in [0.2, 0.25) is 0 Å². The van der Waals surface area contributed by atoms with Gasteiger partial charge in [-0.05, 0) is 66.1 Å². The van der Waals surface area contributed by atoms with Crippen molar-refractivity contribution in [1.82, 2.24) is 0 Å². The summed E-state index contributed by atoms with van der Waals surface area (Å²) in [6, 6.07) is 12.5. The Morgan fingerprint density at radius 2 is 1.95 bits per heavy atom. The summed E-state index contributed by atoms with van der Waals surface area (Å²) in [4.78, 5) is 0. The lowest BCUT2D eigenvalue weighted by Gasteiger charge is -2.12. The molecule has 0 aromatic heterocycles. The number of fused-ring (bicyclic) bond motifs is 1. The van der Waals surface area contributed by atoms with Crippen molar-refractivity contribution in [3.05, 3.63) is 71.3 Å². The van der Waals surface area contributed by atoms with E-state index in [1.807, 2.05) is 24.3 Å². The molecule has 2 nitrogen and oxygen atoms in total. The maximum absolute atomic E-state index is 5.99. The van der Waals surface area contributed by atoms with Gasteiger partial charge >= 0.3 is 0 Å². The lowest BCUT2D eigenvalue weighted by molar-refractivity contribution is 0.303. The smallest absolute Gasteiger partial charge is 0.123 e. The van der Waals surface area contributed by atoms with E-state index in [0.717, 1.165) is 23.4 Å². The number of rotatable bonds is 5. The van der Waals surface area contributed by atoms with Gasteiger partial charge in [-0.1, -0.05) is 24.3 Å². The van der Waals surface area contributed by atoms with Gasteiger partial charge < -0.3 is 10.5 Å². The van der Waals surface area contributed by atoms with E-state index < -0.39 is 0 Å². The van der Waals surface area contributed by atoms with E-state index in [2.05, 4.69) is 24.8 Å². The van der Waals surface area contributed by atoms with Gasteiger partial charge in [0.15, 0.2) is 0 Å². The van der Waals surface area contributed by atoms with E-state index in [-0.39, 0.29) is 0 Å². The van der Waals surface area contributed by atoms with E-state index in [4.69, 9.17) is 10.5 Å². The van der Waals surface area contributed by atoms with Gasteiger partial charge in [0, 0.05) is 5.69 Å². The SMILES string of the molecule is C=CCc1cc(N)ccc1OCc1ccc2c(c1)CCC2. The van der Waals surface area contributed by atoms with Crippen LogP contribution in [0.25, 0.3) is 0 Å². The lowest BCUT2D eigenvalue weighted by atomic mass is 10.1. The standard InChI is InChI=1S/C19H21NO/c1-2-4-17-12-18(20)9-10-19(17)21-13-14-7-8-15-5-3-6-16(15)11-14/h2,7-12H,1,3-6,13,20H2. The summed E-state index contributed by atoms with van der Waals surface area (Å²) in [5.74, 6) is 0.893. The largest absolute Gasteiger partial charge is 0.489 e. The van der Waals surface area contributed by atoms with Crippen molar-refractivity contribution < 1.29 is 4.74 Å².